The lowest BCUT2D eigenvalue weighted by Gasteiger charge is -2.45. The molecule has 0 aromatic heterocycles. The molecule has 3 rings (SSSR count). The molecule has 1 aliphatic rings. The third-order valence-corrected chi connectivity index (χ3v) is 10.1. The lowest BCUT2D eigenvalue weighted by molar-refractivity contribution is 0.0894. The van der Waals surface area contributed by atoms with E-state index in [4.69, 9.17) is 0 Å². The van der Waals surface area contributed by atoms with Crippen LogP contribution in [0, 0.1) is 0 Å². The molecule has 1 unspecified atom stereocenters. The Morgan fingerprint density at radius 3 is 2.26 bits per heavy atom. The molecule has 2 N–H and O–H groups in total. The highest BCUT2D eigenvalue weighted by Gasteiger charge is 2.43. The second kappa shape index (κ2) is 14.2. The molecule has 2 aromatic rings. The van der Waals surface area contributed by atoms with Gasteiger partial charge in [0.25, 0.3) is 5.91 Å². The summed E-state index contributed by atoms with van der Waals surface area (Å²) in [6.07, 6.45) is 1.94. The Morgan fingerprint density at radius 1 is 1.00 bits per heavy atom. The number of sulfonamides is 1. The molecule has 38 heavy (non-hydrogen) atoms. The predicted molar refractivity (Wildman–Crippen MR) is 156 cm³/mol. The highest BCUT2D eigenvalue weighted by molar-refractivity contribution is 7.89. The van der Waals surface area contributed by atoms with Crippen LogP contribution in [0.3, 0.4) is 0 Å². The van der Waals surface area contributed by atoms with Gasteiger partial charge in [-0.1, -0.05) is 69.3 Å². The number of carbonyl (C=O) groups is 1. The van der Waals surface area contributed by atoms with Crippen LogP contribution in [0.5, 0.6) is 0 Å². The van der Waals surface area contributed by atoms with Gasteiger partial charge < -0.3 is 15.5 Å². The van der Waals surface area contributed by atoms with E-state index in [1.165, 1.54) is 0 Å². The molecule has 1 saturated heterocycles. The Hall–Kier alpha value is -2.26. The fourth-order valence-corrected chi connectivity index (χ4v) is 7.11. The Bertz CT molecular complexity index is 1110. The third kappa shape index (κ3) is 7.44. The molecule has 0 aliphatic carbocycles. The lowest BCUT2D eigenvalue weighted by Crippen LogP contribution is -2.55. The van der Waals surface area contributed by atoms with Crippen molar-refractivity contribution in [2.24, 2.45) is 0 Å². The minimum atomic E-state index is -3.25. The molecule has 0 spiro atoms. The predicted octanol–water partition coefficient (Wildman–Crippen LogP) is 4.01. The van der Waals surface area contributed by atoms with Crippen molar-refractivity contribution in [2.75, 3.05) is 45.0 Å². The molecule has 1 heterocycles. The van der Waals surface area contributed by atoms with Crippen LogP contribution in [0.1, 0.15) is 68.4 Å². The van der Waals surface area contributed by atoms with Gasteiger partial charge in [-0.3, -0.25) is 4.79 Å². The summed E-state index contributed by atoms with van der Waals surface area (Å²) in [7, 11) is -3.25. The molecule has 0 bridgehead atoms. The number of rotatable bonds is 14. The fraction of sp³-hybridized carbons (Fsp3) is 0.567. The van der Waals surface area contributed by atoms with Crippen LogP contribution in [0.4, 0.5) is 0 Å². The summed E-state index contributed by atoms with van der Waals surface area (Å²) in [6.45, 7) is 13.7. The number of nitrogens with zero attached hydrogens (tertiary/aromatic N) is 2. The number of likely N-dealkylation sites (N-methyl/N-ethyl adjacent to an activating group) is 1. The first-order valence-electron chi connectivity index (χ1n) is 14.1. The maximum Gasteiger partial charge on any atom is 0.251 e. The van der Waals surface area contributed by atoms with Crippen molar-refractivity contribution in [1.29, 1.82) is 0 Å². The number of carbonyl (C=O) groups excluding carboxylic acids is 1. The van der Waals surface area contributed by atoms with Crippen molar-refractivity contribution < 1.29 is 13.2 Å². The Labute approximate surface area is 230 Å². The molecule has 2 aromatic carbocycles. The second-order valence-electron chi connectivity index (χ2n) is 10.3. The summed E-state index contributed by atoms with van der Waals surface area (Å²) in [5.41, 5.74) is 2.46. The van der Waals surface area contributed by atoms with Gasteiger partial charge in [0.2, 0.25) is 10.0 Å². The average Bonchev–Trinajstić information content (AvgIpc) is 2.93. The summed E-state index contributed by atoms with van der Waals surface area (Å²) in [5, 5.41) is 6.80. The molecule has 210 valence electrons. The van der Waals surface area contributed by atoms with E-state index in [1.807, 2.05) is 49.4 Å². The molecule has 1 atom stereocenters. The smallest absolute Gasteiger partial charge is 0.251 e. The first kappa shape index (κ1) is 30.3. The van der Waals surface area contributed by atoms with Gasteiger partial charge in [-0.25, -0.2) is 12.7 Å². The van der Waals surface area contributed by atoms with Crippen LogP contribution in [-0.4, -0.2) is 74.6 Å². The van der Waals surface area contributed by atoms with Gasteiger partial charge in [0.05, 0.1) is 5.75 Å². The normalized spacial score (nSPS) is 16.9. The van der Waals surface area contributed by atoms with Crippen LogP contribution in [0.2, 0.25) is 0 Å². The Kier molecular flexibility index (Phi) is 11.3. The summed E-state index contributed by atoms with van der Waals surface area (Å²) < 4.78 is 27.1. The minimum Gasteiger partial charge on any atom is -0.349 e. The van der Waals surface area contributed by atoms with Crippen molar-refractivity contribution in [2.45, 2.75) is 65.0 Å². The molecule has 1 amide bonds. The number of nitrogens with one attached hydrogen (secondary N) is 2. The molecule has 7 nitrogen and oxygen atoms in total. The van der Waals surface area contributed by atoms with E-state index >= 15 is 0 Å². The zero-order valence-corrected chi connectivity index (χ0v) is 24.4. The standard InChI is InChI=1S/C30H46N4O3S/c1-5-23-38(36,37)34-20-17-30(18-21-34,27-14-9-8-10-15-27)25(4)32-29(35)28-16-12-11-13-26(28)24-31-19-22-33(6-2)7-3/h8-16,25,31H,5-7,17-24H2,1-4H3,(H,32,35). The average molecular weight is 543 g/mol. The van der Waals surface area contributed by atoms with E-state index in [-0.39, 0.29) is 23.1 Å². The van der Waals surface area contributed by atoms with Gasteiger partial charge in [-0.15, -0.1) is 0 Å². The molecule has 1 aliphatic heterocycles. The molecule has 0 radical (unpaired) electrons. The van der Waals surface area contributed by atoms with E-state index in [0.717, 1.165) is 37.3 Å². The maximum absolute atomic E-state index is 13.6. The molecule has 8 heteroatoms. The molecular formula is C30H46N4O3S. The van der Waals surface area contributed by atoms with E-state index in [2.05, 4.69) is 48.4 Å². The van der Waals surface area contributed by atoms with Gasteiger partial charge in [-0.05, 0) is 56.5 Å². The highest BCUT2D eigenvalue weighted by Crippen LogP contribution is 2.39. The number of amides is 1. The zero-order chi connectivity index (χ0) is 27.6. The van der Waals surface area contributed by atoms with Crippen LogP contribution in [0.15, 0.2) is 54.6 Å². The summed E-state index contributed by atoms with van der Waals surface area (Å²) >= 11 is 0. The monoisotopic (exact) mass is 542 g/mol. The van der Waals surface area contributed by atoms with E-state index in [1.54, 1.807) is 4.31 Å². The largest absolute Gasteiger partial charge is 0.349 e. The Morgan fingerprint density at radius 2 is 1.63 bits per heavy atom. The van der Waals surface area contributed by atoms with Crippen LogP contribution >= 0.6 is 0 Å². The van der Waals surface area contributed by atoms with Gasteiger partial charge in [-0.2, -0.15) is 0 Å². The van der Waals surface area contributed by atoms with Gasteiger partial charge in [0.1, 0.15) is 0 Å². The summed E-state index contributed by atoms with van der Waals surface area (Å²) in [4.78, 5) is 16.0. The second-order valence-corrected chi connectivity index (χ2v) is 12.4. The highest BCUT2D eigenvalue weighted by atomic mass is 32.2. The van der Waals surface area contributed by atoms with Crippen LogP contribution < -0.4 is 10.6 Å². The minimum absolute atomic E-state index is 0.0880. The number of piperidine rings is 1. The molecule has 0 saturated carbocycles. The number of hydrogen-bond acceptors (Lipinski definition) is 5. The van der Waals surface area contributed by atoms with Crippen molar-refractivity contribution >= 4 is 15.9 Å². The first-order valence-corrected chi connectivity index (χ1v) is 15.7. The SMILES string of the molecule is CCCS(=O)(=O)N1CCC(c2ccccc2)(C(C)NC(=O)c2ccccc2CNCCN(CC)CC)CC1. The van der Waals surface area contributed by atoms with Gasteiger partial charge >= 0.3 is 0 Å². The van der Waals surface area contributed by atoms with E-state index in [0.29, 0.717) is 44.5 Å². The van der Waals surface area contributed by atoms with Crippen LogP contribution in [-0.2, 0) is 22.0 Å². The van der Waals surface area contributed by atoms with E-state index in [9.17, 15) is 13.2 Å². The van der Waals surface area contributed by atoms with Crippen molar-refractivity contribution in [3.63, 3.8) is 0 Å². The van der Waals surface area contributed by atoms with Gasteiger partial charge in [0, 0.05) is 49.7 Å². The maximum atomic E-state index is 13.6. The lowest BCUT2D eigenvalue weighted by atomic mass is 9.68. The number of hydrogen-bond donors (Lipinski definition) is 2. The van der Waals surface area contributed by atoms with Crippen LogP contribution in [0.25, 0.3) is 0 Å². The molecule has 1 fully saturated rings. The van der Waals surface area contributed by atoms with E-state index < -0.39 is 10.0 Å². The molecular weight excluding hydrogens is 496 g/mol. The zero-order valence-electron chi connectivity index (χ0n) is 23.6. The summed E-state index contributed by atoms with van der Waals surface area (Å²) in [6, 6.07) is 17.8. The van der Waals surface area contributed by atoms with Gasteiger partial charge in [0.15, 0.2) is 0 Å². The van der Waals surface area contributed by atoms with Crippen molar-refractivity contribution in [3.8, 4) is 0 Å². The third-order valence-electron chi connectivity index (χ3n) is 8.07. The summed E-state index contributed by atoms with van der Waals surface area (Å²) in [5.74, 6) is 0.0900. The van der Waals surface area contributed by atoms with Crippen molar-refractivity contribution in [1.82, 2.24) is 19.8 Å². The Balaban J connectivity index is 1.74. The topological polar surface area (TPSA) is 81.8 Å². The number of benzene rings is 2. The fourth-order valence-electron chi connectivity index (χ4n) is 5.60. The quantitative estimate of drug-likeness (QED) is 0.353. The van der Waals surface area contributed by atoms with Crippen molar-refractivity contribution in [3.05, 3.63) is 71.3 Å². The first-order chi connectivity index (χ1) is 18.3.